The first-order valence-electron chi connectivity index (χ1n) is 5.75. The van der Waals surface area contributed by atoms with Gasteiger partial charge in [-0.1, -0.05) is 18.2 Å². The molecule has 20 heavy (non-hydrogen) atoms. The molecule has 1 heterocycles. The summed E-state index contributed by atoms with van der Waals surface area (Å²) in [6.45, 7) is 0. The normalized spacial score (nSPS) is 14.2. The van der Waals surface area contributed by atoms with Crippen molar-refractivity contribution >= 4 is 9.84 Å². The number of rotatable bonds is 4. The van der Waals surface area contributed by atoms with Crippen LogP contribution in [-0.2, 0) is 16.9 Å². The Hall–Kier alpha value is -1.73. The van der Waals surface area contributed by atoms with Crippen LogP contribution in [-0.4, -0.2) is 23.3 Å². The Balaban J connectivity index is 2.47. The van der Waals surface area contributed by atoms with E-state index in [1.54, 1.807) is 0 Å². The fourth-order valence-electron chi connectivity index (χ4n) is 1.83. The molecular weight excluding hydrogens is 288 g/mol. The molecule has 2 rings (SSSR count). The van der Waals surface area contributed by atoms with Crippen LogP contribution in [0.1, 0.15) is 11.8 Å². The van der Waals surface area contributed by atoms with Gasteiger partial charge >= 0.3 is 5.25 Å². The number of nitrogens with zero attached hydrogens (tertiary/aromatic N) is 1. The van der Waals surface area contributed by atoms with Gasteiger partial charge in [-0.15, -0.1) is 0 Å². The minimum Gasteiger partial charge on any atom is -0.380 e. The third-order valence-electron chi connectivity index (χ3n) is 2.99. The molecule has 1 N–H and O–H groups in total. The summed E-state index contributed by atoms with van der Waals surface area (Å²) in [6.07, 6.45) is -0.989. The molecule has 1 unspecified atom stereocenters. The molecule has 1 aromatic carbocycles. The topological polar surface area (TPSA) is 59.3 Å². The van der Waals surface area contributed by atoms with E-state index < -0.39 is 26.1 Å². The zero-order valence-corrected chi connectivity index (χ0v) is 11.4. The first kappa shape index (κ1) is 14.7. The van der Waals surface area contributed by atoms with Gasteiger partial charge in [0, 0.05) is 13.2 Å². The molecule has 108 valence electrons. The molecule has 0 bridgehead atoms. The van der Waals surface area contributed by atoms with Crippen molar-refractivity contribution in [2.45, 2.75) is 16.3 Å². The van der Waals surface area contributed by atoms with Crippen molar-refractivity contribution in [3.63, 3.8) is 0 Å². The highest BCUT2D eigenvalue weighted by Crippen LogP contribution is 2.39. The van der Waals surface area contributed by atoms with E-state index in [0.29, 0.717) is 0 Å². The van der Waals surface area contributed by atoms with Crippen molar-refractivity contribution in [3.05, 3.63) is 54.4 Å². The summed E-state index contributed by atoms with van der Waals surface area (Å²) in [5.74, 6) is 0. The Morgan fingerprint density at radius 2 is 1.75 bits per heavy atom. The molecule has 2 aromatic rings. The number of aliphatic hydroxyl groups excluding tert-OH is 1. The zero-order chi connectivity index (χ0) is 15.0. The molecular formula is C13H13F2NO3S. The number of halogens is 2. The molecule has 7 heteroatoms. The van der Waals surface area contributed by atoms with Crippen molar-refractivity contribution in [1.82, 2.24) is 4.57 Å². The number of hydrogen-bond donors (Lipinski definition) is 1. The molecule has 0 amide bonds. The molecule has 0 aliphatic rings. The second-order valence-corrected chi connectivity index (χ2v) is 6.35. The van der Waals surface area contributed by atoms with Crippen molar-refractivity contribution in [2.75, 3.05) is 0 Å². The number of aliphatic hydroxyl groups is 1. The second kappa shape index (κ2) is 4.99. The Labute approximate surface area is 115 Å². The monoisotopic (exact) mass is 301 g/mol. The molecule has 0 spiro atoms. The van der Waals surface area contributed by atoms with Crippen molar-refractivity contribution in [2.24, 2.45) is 7.05 Å². The number of aryl methyl sites for hydroxylation is 1. The van der Waals surface area contributed by atoms with Gasteiger partial charge in [-0.3, -0.25) is 0 Å². The van der Waals surface area contributed by atoms with Crippen LogP contribution < -0.4 is 0 Å². The van der Waals surface area contributed by atoms with Gasteiger partial charge in [0.1, 0.15) is 0 Å². The van der Waals surface area contributed by atoms with Crippen LogP contribution in [0.15, 0.2) is 53.6 Å². The first-order chi connectivity index (χ1) is 9.28. The lowest BCUT2D eigenvalue weighted by atomic mass is 10.2. The highest BCUT2D eigenvalue weighted by atomic mass is 32.2. The van der Waals surface area contributed by atoms with Gasteiger partial charge in [-0.25, -0.2) is 8.42 Å². The van der Waals surface area contributed by atoms with Gasteiger partial charge in [0.2, 0.25) is 9.84 Å². The van der Waals surface area contributed by atoms with Gasteiger partial charge in [-0.05, 0) is 24.3 Å². The standard InChI is InChI=1S/C13H13F2NO3S/c1-16-9-5-8-11(16)12(17)13(14,15)20(18,19)10-6-3-2-4-7-10/h2-9,12,17H,1H3. The smallest absolute Gasteiger partial charge is 0.380 e. The summed E-state index contributed by atoms with van der Waals surface area (Å²) < 4.78 is 53.6. The Morgan fingerprint density at radius 3 is 2.25 bits per heavy atom. The molecule has 4 nitrogen and oxygen atoms in total. The van der Waals surface area contributed by atoms with Gasteiger partial charge in [0.25, 0.3) is 0 Å². The van der Waals surface area contributed by atoms with Gasteiger partial charge in [0.15, 0.2) is 6.10 Å². The summed E-state index contributed by atoms with van der Waals surface area (Å²) in [6, 6.07) is 9.05. The molecule has 0 fully saturated rings. The SMILES string of the molecule is Cn1cccc1C(O)C(F)(F)S(=O)(=O)c1ccccc1. The maximum Gasteiger partial charge on any atom is 0.380 e. The first-order valence-corrected chi connectivity index (χ1v) is 7.23. The van der Waals surface area contributed by atoms with E-state index in [4.69, 9.17) is 0 Å². The fraction of sp³-hybridized carbons (Fsp3) is 0.231. The number of benzene rings is 1. The van der Waals surface area contributed by atoms with E-state index in [1.165, 1.54) is 48.1 Å². The van der Waals surface area contributed by atoms with E-state index in [2.05, 4.69) is 0 Å². The third-order valence-corrected chi connectivity index (χ3v) is 4.83. The molecule has 1 atom stereocenters. The minimum absolute atomic E-state index is 0.172. The molecule has 0 aliphatic carbocycles. The number of hydrogen-bond acceptors (Lipinski definition) is 3. The van der Waals surface area contributed by atoms with E-state index in [0.717, 1.165) is 12.1 Å². The molecule has 0 aliphatic heterocycles. The molecule has 0 saturated carbocycles. The Morgan fingerprint density at radius 1 is 1.15 bits per heavy atom. The Bertz CT molecular complexity index is 695. The summed E-state index contributed by atoms with van der Waals surface area (Å²) >= 11 is 0. The van der Waals surface area contributed by atoms with E-state index in [1.807, 2.05) is 0 Å². The van der Waals surface area contributed by atoms with Crippen LogP contribution in [0.5, 0.6) is 0 Å². The zero-order valence-electron chi connectivity index (χ0n) is 10.6. The van der Waals surface area contributed by atoms with Gasteiger partial charge in [-0.2, -0.15) is 8.78 Å². The maximum absolute atomic E-state index is 14.2. The predicted molar refractivity (Wildman–Crippen MR) is 68.9 cm³/mol. The summed E-state index contributed by atoms with van der Waals surface area (Å²) in [4.78, 5) is -0.529. The quantitative estimate of drug-likeness (QED) is 0.941. The highest BCUT2D eigenvalue weighted by molar-refractivity contribution is 7.92. The van der Waals surface area contributed by atoms with Crippen molar-refractivity contribution in [1.29, 1.82) is 0 Å². The largest absolute Gasteiger partial charge is 0.380 e. The average molecular weight is 301 g/mol. The van der Waals surface area contributed by atoms with Gasteiger partial charge in [0.05, 0.1) is 10.6 Å². The van der Waals surface area contributed by atoms with Crippen LogP contribution in [0, 0.1) is 0 Å². The van der Waals surface area contributed by atoms with Crippen molar-refractivity contribution < 1.29 is 22.3 Å². The average Bonchev–Trinajstić information content (AvgIpc) is 2.84. The van der Waals surface area contributed by atoms with Crippen LogP contribution in [0.4, 0.5) is 8.78 Å². The van der Waals surface area contributed by atoms with Crippen LogP contribution in [0.2, 0.25) is 0 Å². The summed E-state index contributed by atoms with van der Waals surface area (Å²) in [5.41, 5.74) is -0.172. The predicted octanol–water partition coefficient (Wildman–Crippen LogP) is 2.13. The second-order valence-electron chi connectivity index (χ2n) is 4.32. The van der Waals surface area contributed by atoms with Crippen LogP contribution >= 0.6 is 0 Å². The van der Waals surface area contributed by atoms with Crippen LogP contribution in [0.25, 0.3) is 0 Å². The lowest BCUT2D eigenvalue weighted by Gasteiger charge is -2.23. The lowest BCUT2D eigenvalue weighted by Crippen LogP contribution is -2.36. The van der Waals surface area contributed by atoms with Crippen molar-refractivity contribution in [3.8, 4) is 0 Å². The minimum atomic E-state index is -4.98. The van der Waals surface area contributed by atoms with E-state index in [-0.39, 0.29) is 5.69 Å². The lowest BCUT2D eigenvalue weighted by molar-refractivity contribution is -0.0468. The molecule has 0 saturated heterocycles. The number of aromatic nitrogens is 1. The maximum atomic E-state index is 14.2. The summed E-state index contributed by atoms with van der Waals surface area (Å²) in [7, 11) is -3.53. The third kappa shape index (κ3) is 2.23. The van der Waals surface area contributed by atoms with E-state index in [9.17, 15) is 22.3 Å². The fourth-order valence-corrected chi connectivity index (χ4v) is 3.08. The molecule has 1 aromatic heterocycles. The van der Waals surface area contributed by atoms with Gasteiger partial charge < -0.3 is 9.67 Å². The number of alkyl halides is 2. The van der Waals surface area contributed by atoms with Crippen LogP contribution in [0.3, 0.4) is 0 Å². The number of sulfone groups is 1. The summed E-state index contributed by atoms with van der Waals surface area (Å²) in [5, 5.41) is 5.45. The Kier molecular flexibility index (Phi) is 3.66. The van der Waals surface area contributed by atoms with E-state index >= 15 is 0 Å². The highest BCUT2D eigenvalue weighted by Gasteiger charge is 2.53. The molecule has 0 radical (unpaired) electrons.